The van der Waals surface area contributed by atoms with Gasteiger partial charge in [-0.15, -0.1) is 0 Å². The number of benzene rings is 1. The maximum atomic E-state index is 11.8. The lowest BCUT2D eigenvalue weighted by Gasteiger charge is -2.07. The molecule has 8 heteroatoms. The molecule has 2 aromatic rings. The third kappa shape index (κ3) is 2.83. The number of aromatic nitrogens is 2. The number of carbonyl (C=O) groups excluding carboxylic acids is 1. The number of anilines is 1. The molecule has 0 radical (unpaired) electrons. The average Bonchev–Trinajstić information content (AvgIpc) is 2.78. The van der Waals surface area contributed by atoms with E-state index in [9.17, 15) is 14.4 Å². The van der Waals surface area contributed by atoms with E-state index in [2.05, 4.69) is 15.3 Å². The molecule has 0 aliphatic rings. The summed E-state index contributed by atoms with van der Waals surface area (Å²) in [4.78, 5) is 38.2. The van der Waals surface area contributed by atoms with Gasteiger partial charge in [0.25, 0.3) is 5.91 Å². The van der Waals surface area contributed by atoms with Crippen molar-refractivity contribution in [2.24, 2.45) is 0 Å². The number of imidazole rings is 1. The van der Waals surface area contributed by atoms with Crippen LogP contribution in [0.1, 0.15) is 20.8 Å². The largest absolute Gasteiger partial charge is 0.478 e. The number of aromatic carboxylic acids is 1. The Balaban J connectivity index is 2.31. The number of carboxylic acids is 1. The highest BCUT2D eigenvalue weighted by atomic mass is 35.5. The van der Waals surface area contributed by atoms with Crippen LogP contribution in [-0.2, 0) is 0 Å². The van der Waals surface area contributed by atoms with Crippen LogP contribution < -0.4 is 11.0 Å². The Bertz CT molecular complexity index is 704. The third-order valence-electron chi connectivity index (χ3n) is 2.30. The molecule has 4 N–H and O–H groups in total. The van der Waals surface area contributed by atoms with Gasteiger partial charge in [0.1, 0.15) is 5.69 Å². The first-order valence-corrected chi connectivity index (χ1v) is 5.47. The van der Waals surface area contributed by atoms with Crippen molar-refractivity contribution in [3.8, 4) is 0 Å². The number of aromatic amines is 2. The molecule has 0 fully saturated rings. The number of hydrogen-bond donors (Lipinski definition) is 4. The van der Waals surface area contributed by atoms with Crippen molar-refractivity contribution < 1.29 is 14.7 Å². The average molecular weight is 282 g/mol. The molecule has 1 aromatic carbocycles. The maximum Gasteiger partial charge on any atom is 0.337 e. The van der Waals surface area contributed by atoms with Gasteiger partial charge in [-0.25, -0.2) is 9.59 Å². The number of hydrogen-bond acceptors (Lipinski definition) is 3. The van der Waals surface area contributed by atoms with E-state index in [1.807, 2.05) is 0 Å². The Morgan fingerprint density at radius 2 is 2.05 bits per heavy atom. The van der Waals surface area contributed by atoms with E-state index >= 15 is 0 Å². The minimum Gasteiger partial charge on any atom is -0.478 e. The van der Waals surface area contributed by atoms with Gasteiger partial charge in [0, 0.05) is 11.2 Å². The first-order chi connectivity index (χ1) is 8.97. The SMILES string of the molecule is O=C(Nc1ccc(Cl)cc1C(=O)O)c1c[nH]c(=O)[nH]1. The quantitative estimate of drug-likeness (QED) is 0.679. The van der Waals surface area contributed by atoms with E-state index in [1.54, 1.807) is 0 Å². The molecule has 0 saturated carbocycles. The van der Waals surface area contributed by atoms with Crippen molar-refractivity contribution >= 4 is 29.2 Å². The molecule has 0 unspecified atom stereocenters. The summed E-state index contributed by atoms with van der Waals surface area (Å²) in [6.07, 6.45) is 1.19. The number of amides is 1. The fraction of sp³-hybridized carbons (Fsp3) is 0. The molecule has 1 aromatic heterocycles. The first-order valence-electron chi connectivity index (χ1n) is 5.09. The zero-order valence-corrected chi connectivity index (χ0v) is 10.1. The van der Waals surface area contributed by atoms with Crippen molar-refractivity contribution in [3.63, 3.8) is 0 Å². The second kappa shape index (κ2) is 4.99. The highest BCUT2D eigenvalue weighted by Crippen LogP contribution is 2.21. The summed E-state index contributed by atoms with van der Waals surface area (Å²) in [5, 5.41) is 11.6. The summed E-state index contributed by atoms with van der Waals surface area (Å²) in [7, 11) is 0. The minimum absolute atomic E-state index is 0.00344. The Labute approximate surface area is 111 Å². The molecule has 2 rings (SSSR count). The molecule has 1 heterocycles. The molecule has 1 amide bonds. The van der Waals surface area contributed by atoms with E-state index in [0.717, 1.165) is 0 Å². The van der Waals surface area contributed by atoms with Gasteiger partial charge in [-0.05, 0) is 18.2 Å². The van der Waals surface area contributed by atoms with Gasteiger partial charge in [-0.1, -0.05) is 11.6 Å². The Morgan fingerprint density at radius 1 is 1.32 bits per heavy atom. The van der Waals surface area contributed by atoms with Crippen LogP contribution in [0, 0.1) is 0 Å². The van der Waals surface area contributed by atoms with Crippen molar-refractivity contribution in [2.45, 2.75) is 0 Å². The van der Waals surface area contributed by atoms with Crippen LogP contribution in [0.3, 0.4) is 0 Å². The summed E-state index contributed by atoms with van der Waals surface area (Å²) < 4.78 is 0. The zero-order valence-electron chi connectivity index (χ0n) is 9.36. The molecule has 0 bridgehead atoms. The number of carboxylic acid groups (broad SMARTS) is 1. The van der Waals surface area contributed by atoms with Crippen LogP contribution in [0.25, 0.3) is 0 Å². The molecule has 19 heavy (non-hydrogen) atoms. The zero-order chi connectivity index (χ0) is 14.0. The summed E-state index contributed by atoms with van der Waals surface area (Å²) >= 11 is 5.69. The second-order valence-corrected chi connectivity index (χ2v) is 4.04. The predicted octanol–water partition coefficient (Wildman–Crippen LogP) is 1.31. The van der Waals surface area contributed by atoms with Gasteiger partial charge in [-0.2, -0.15) is 0 Å². The van der Waals surface area contributed by atoms with Crippen molar-refractivity contribution in [1.29, 1.82) is 0 Å². The summed E-state index contributed by atoms with van der Waals surface area (Å²) in [6.45, 7) is 0. The van der Waals surface area contributed by atoms with Gasteiger partial charge in [-0.3, -0.25) is 4.79 Å². The lowest BCUT2D eigenvalue weighted by atomic mass is 10.1. The second-order valence-electron chi connectivity index (χ2n) is 3.61. The van der Waals surface area contributed by atoms with Crippen LogP contribution in [-0.4, -0.2) is 27.0 Å². The third-order valence-corrected chi connectivity index (χ3v) is 2.54. The molecular weight excluding hydrogens is 274 g/mol. The van der Waals surface area contributed by atoms with Crippen LogP contribution in [0.5, 0.6) is 0 Å². The standard InChI is InChI=1S/C11H8ClN3O4/c12-5-1-2-7(6(3-5)10(17)18)14-9(16)8-4-13-11(19)15-8/h1-4H,(H,14,16)(H,17,18)(H2,13,15,19). The minimum atomic E-state index is -1.22. The predicted molar refractivity (Wildman–Crippen MR) is 67.8 cm³/mol. The van der Waals surface area contributed by atoms with Crippen LogP contribution in [0.2, 0.25) is 5.02 Å². The monoisotopic (exact) mass is 281 g/mol. The Morgan fingerprint density at radius 3 is 2.63 bits per heavy atom. The lowest BCUT2D eigenvalue weighted by Crippen LogP contribution is -2.16. The summed E-state index contributed by atoms with van der Waals surface area (Å²) in [6, 6.07) is 4.04. The maximum absolute atomic E-state index is 11.8. The molecule has 0 saturated heterocycles. The number of rotatable bonds is 3. The molecular formula is C11H8ClN3O4. The first kappa shape index (κ1) is 12.9. The van der Waals surface area contributed by atoms with Gasteiger partial charge < -0.3 is 20.4 Å². The Kier molecular flexibility index (Phi) is 3.39. The normalized spacial score (nSPS) is 10.2. The van der Waals surface area contributed by atoms with Gasteiger partial charge in [0.2, 0.25) is 0 Å². The molecule has 0 aliphatic carbocycles. The molecule has 0 spiro atoms. The molecule has 7 nitrogen and oxygen atoms in total. The van der Waals surface area contributed by atoms with Crippen LogP contribution in [0.15, 0.2) is 29.2 Å². The van der Waals surface area contributed by atoms with Crippen LogP contribution >= 0.6 is 11.6 Å². The number of nitrogens with one attached hydrogen (secondary N) is 3. The summed E-state index contributed by atoms with van der Waals surface area (Å²) in [5.74, 6) is -1.86. The molecule has 0 atom stereocenters. The van der Waals surface area contributed by atoms with Crippen LogP contribution in [0.4, 0.5) is 5.69 Å². The molecule has 98 valence electrons. The smallest absolute Gasteiger partial charge is 0.337 e. The topological polar surface area (TPSA) is 115 Å². The van der Waals surface area contributed by atoms with E-state index in [0.29, 0.717) is 0 Å². The fourth-order valence-electron chi connectivity index (χ4n) is 1.45. The van der Waals surface area contributed by atoms with E-state index in [4.69, 9.17) is 16.7 Å². The fourth-order valence-corrected chi connectivity index (χ4v) is 1.62. The van der Waals surface area contributed by atoms with E-state index in [1.165, 1.54) is 24.4 Å². The lowest BCUT2D eigenvalue weighted by molar-refractivity contribution is 0.0698. The van der Waals surface area contributed by atoms with E-state index in [-0.39, 0.29) is 22.0 Å². The summed E-state index contributed by atoms with van der Waals surface area (Å²) in [5.41, 5.74) is -0.585. The van der Waals surface area contributed by atoms with Gasteiger partial charge in [0.15, 0.2) is 0 Å². The number of halogens is 1. The highest BCUT2D eigenvalue weighted by molar-refractivity contribution is 6.31. The number of carbonyl (C=O) groups is 2. The van der Waals surface area contributed by atoms with Gasteiger partial charge >= 0.3 is 11.7 Å². The Hall–Kier alpha value is -2.54. The molecule has 0 aliphatic heterocycles. The van der Waals surface area contributed by atoms with E-state index < -0.39 is 17.6 Å². The highest BCUT2D eigenvalue weighted by Gasteiger charge is 2.15. The van der Waals surface area contributed by atoms with Crippen molar-refractivity contribution in [2.75, 3.05) is 5.32 Å². The van der Waals surface area contributed by atoms with Crippen molar-refractivity contribution in [1.82, 2.24) is 9.97 Å². The van der Waals surface area contributed by atoms with Gasteiger partial charge in [0.05, 0.1) is 11.3 Å². The number of H-pyrrole nitrogens is 2. The van der Waals surface area contributed by atoms with Crippen molar-refractivity contribution in [3.05, 3.63) is 51.2 Å².